The second kappa shape index (κ2) is 25.9. The van der Waals surface area contributed by atoms with E-state index < -0.39 is 6.16 Å². The second-order valence-corrected chi connectivity index (χ2v) is 10.4. The average Bonchev–Trinajstić information content (AvgIpc) is 2.82. The smallest absolute Gasteiger partial charge is 0.434 e. The first-order valence-corrected chi connectivity index (χ1v) is 15.0. The van der Waals surface area contributed by atoms with E-state index in [9.17, 15) is 4.79 Å². The molecular formula is C30H60O3. The molecule has 0 aliphatic heterocycles. The van der Waals surface area contributed by atoms with E-state index in [0.29, 0.717) is 12.5 Å². The molecule has 0 fully saturated rings. The van der Waals surface area contributed by atoms with E-state index in [2.05, 4.69) is 27.7 Å². The van der Waals surface area contributed by atoms with Crippen LogP contribution in [0.15, 0.2) is 0 Å². The van der Waals surface area contributed by atoms with Crippen molar-refractivity contribution in [3.05, 3.63) is 0 Å². The van der Waals surface area contributed by atoms with Crippen LogP contribution in [-0.2, 0) is 9.47 Å². The minimum Gasteiger partial charge on any atom is -0.434 e. The topological polar surface area (TPSA) is 35.5 Å². The lowest BCUT2D eigenvalue weighted by Crippen LogP contribution is -2.20. The van der Waals surface area contributed by atoms with E-state index in [1.807, 2.05) is 0 Å². The molecule has 33 heavy (non-hydrogen) atoms. The maximum atomic E-state index is 12.1. The second-order valence-electron chi connectivity index (χ2n) is 10.4. The normalized spacial score (nSPS) is 13.1. The lowest BCUT2D eigenvalue weighted by Gasteiger charge is -2.17. The Labute approximate surface area is 208 Å². The summed E-state index contributed by atoms with van der Waals surface area (Å²) in [6, 6.07) is 0. The van der Waals surface area contributed by atoms with Gasteiger partial charge in [0.25, 0.3) is 0 Å². The zero-order valence-electron chi connectivity index (χ0n) is 23.1. The van der Waals surface area contributed by atoms with Crippen molar-refractivity contribution in [2.75, 3.05) is 6.61 Å². The van der Waals surface area contributed by atoms with Crippen LogP contribution in [0.25, 0.3) is 0 Å². The van der Waals surface area contributed by atoms with Crippen LogP contribution in [0.5, 0.6) is 0 Å². The van der Waals surface area contributed by atoms with Crippen LogP contribution in [0, 0.1) is 5.92 Å². The van der Waals surface area contributed by atoms with Crippen molar-refractivity contribution in [2.45, 2.75) is 175 Å². The summed E-state index contributed by atoms with van der Waals surface area (Å²) < 4.78 is 11.0. The molecule has 2 unspecified atom stereocenters. The van der Waals surface area contributed by atoms with Gasteiger partial charge in [-0.25, -0.2) is 4.79 Å². The van der Waals surface area contributed by atoms with Gasteiger partial charge in [0, 0.05) is 0 Å². The Morgan fingerprint density at radius 3 is 1.39 bits per heavy atom. The maximum absolute atomic E-state index is 12.1. The van der Waals surface area contributed by atoms with Crippen molar-refractivity contribution >= 4 is 6.16 Å². The largest absolute Gasteiger partial charge is 0.508 e. The minimum absolute atomic E-state index is 0.0133. The summed E-state index contributed by atoms with van der Waals surface area (Å²) in [4.78, 5) is 12.1. The summed E-state index contributed by atoms with van der Waals surface area (Å²) in [5.74, 6) is 0.420. The van der Waals surface area contributed by atoms with Gasteiger partial charge in [-0.1, -0.05) is 143 Å². The molecule has 0 aliphatic carbocycles. The zero-order chi connectivity index (χ0) is 24.4. The predicted octanol–water partition coefficient (Wildman–Crippen LogP) is 10.8. The Balaban J connectivity index is 3.58. The number of unbranched alkanes of at least 4 members (excludes halogenated alkanes) is 17. The summed E-state index contributed by atoms with van der Waals surface area (Å²) in [5.41, 5.74) is 0. The number of hydrogen-bond donors (Lipinski definition) is 0. The van der Waals surface area contributed by atoms with Crippen LogP contribution in [0.1, 0.15) is 169 Å². The summed E-state index contributed by atoms with van der Waals surface area (Å²) in [5, 5.41) is 0. The molecule has 198 valence electrons. The number of ether oxygens (including phenoxy) is 2. The molecule has 0 radical (unpaired) electrons. The Hall–Kier alpha value is -0.730. The highest BCUT2D eigenvalue weighted by Crippen LogP contribution is 2.16. The van der Waals surface area contributed by atoms with Gasteiger partial charge in [-0.05, 0) is 31.6 Å². The Morgan fingerprint density at radius 2 is 0.970 bits per heavy atom. The van der Waals surface area contributed by atoms with Crippen LogP contribution in [0.3, 0.4) is 0 Å². The van der Waals surface area contributed by atoms with Crippen molar-refractivity contribution in [3.63, 3.8) is 0 Å². The fraction of sp³-hybridized carbons (Fsp3) is 0.967. The number of carbonyl (C=O) groups excluding carboxylic acids is 1. The number of hydrogen-bond acceptors (Lipinski definition) is 3. The van der Waals surface area contributed by atoms with Crippen molar-refractivity contribution in [2.24, 2.45) is 5.92 Å². The summed E-state index contributed by atoms with van der Waals surface area (Å²) in [6.45, 7) is 9.31. The van der Waals surface area contributed by atoms with E-state index in [-0.39, 0.29) is 6.10 Å². The Bertz CT molecular complexity index is 396. The minimum atomic E-state index is -0.465. The average molecular weight is 469 g/mol. The predicted molar refractivity (Wildman–Crippen MR) is 144 cm³/mol. The maximum Gasteiger partial charge on any atom is 0.508 e. The van der Waals surface area contributed by atoms with Gasteiger partial charge in [0.2, 0.25) is 0 Å². The van der Waals surface area contributed by atoms with Crippen LogP contribution in [-0.4, -0.2) is 18.9 Å². The van der Waals surface area contributed by atoms with Crippen molar-refractivity contribution in [1.82, 2.24) is 0 Å². The molecule has 0 aromatic heterocycles. The molecule has 0 amide bonds. The third kappa shape index (κ3) is 24.2. The first kappa shape index (κ1) is 32.3. The molecule has 0 bridgehead atoms. The zero-order valence-corrected chi connectivity index (χ0v) is 23.1. The lowest BCUT2D eigenvalue weighted by molar-refractivity contribution is 0.0114. The molecule has 0 aliphatic rings. The molecule has 0 N–H and O–H groups in total. The van der Waals surface area contributed by atoms with Gasteiger partial charge in [-0.3, -0.25) is 0 Å². The first-order valence-electron chi connectivity index (χ1n) is 15.0. The standard InChI is InChI=1S/C30H60O3/c1-5-8-10-12-14-16-18-19-21-23-25-28(4)27-32-30(31)33-29(7-3)26-24-22-20-17-15-13-11-9-6-2/h28-29H,5-27H2,1-4H3. The van der Waals surface area contributed by atoms with Gasteiger partial charge < -0.3 is 9.47 Å². The Morgan fingerprint density at radius 1 is 0.576 bits per heavy atom. The quantitative estimate of drug-likeness (QED) is 0.0986. The first-order chi connectivity index (χ1) is 16.1. The van der Waals surface area contributed by atoms with E-state index >= 15 is 0 Å². The molecule has 0 rings (SSSR count). The van der Waals surface area contributed by atoms with Gasteiger partial charge in [0.15, 0.2) is 0 Å². The molecule has 0 heterocycles. The van der Waals surface area contributed by atoms with Gasteiger partial charge in [-0.15, -0.1) is 0 Å². The molecule has 3 nitrogen and oxygen atoms in total. The van der Waals surface area contributed by atoms with Crippen molar-refractivity contribution in [3.8, 4) is 0 Å². The molecule has 0 saturated carbocycles. The highest BCUT2D eigenvalue weighted by Gasteiger charge is 2.14. The van der Waals surface area contributed by atoms with E-state index in [1.165, 1.54) is 116 Å². The van der Waals surface area contributed by atoms with Crippen LogP contribution in [0.2, 0.25) is 0 Å². The van der Waals surface area contributed by atoms with Gasteiger partial charge in [0.1, 0.15) is 6.10 Å². The highest BCUT2D eigenvalue weighted by atomic mass is 16.7. The third-order valence-electron chi connectivity index (χ3n) is 6.88. The van der Waals surface area contributed by atoms with E-state index in [4.69, 9.17) is 9.47 Å². The van der Waals surface area contributed by atoms with Gasteiger partial charge in [-0.2, -0.15) is 0 Å². The lowest BCUT2D eigenvalue weighted by atomic mass is 10.0. The fourth-order valence-electron chi connectivity index (χ4n) is 4.47. The van der Waals surface area contributed by atoms with Crippen LogP contribution in [0.4, 0.5) is 4.79 Å². The molecule has 0 aromatic rings. The third-order valence-corrected chi connectivity index (χ3v) is 6.88. The fourth-order valence-corrected chi connectivity index (χ4v) is 4.47. The number of rotatable bonds is 25. The molecule has 0 saturated heterocycles. The highest BCUT2D eigenvalue weighted by molar-refractivity contribution is 5.60. The van der Waals surface area contributed by atoms with E-state index in [1.54, 1.807) is 0 Å². The summed E-state index contributed by atoms with van der Waals surface area (Å²) in [7, 11) is 0. The van der Waals surface area contributed by atoms with Crippen molar-refractivity contribution in [1.29, 1.82) is 0 Å². The summed E-state index contributed by atoms with van der Waals surface area (Å²) >= 11 is 0. The van der Waals surface area contributed by atoms with Gasteiger partial charge >= 0.3 is 6.16 Å². The molecule has 3 heteroatoms. The molecule has 0 aromatic carbocycles. The van der Waals surface area contributed by atoms with Crippen molar-refractivity contribution < 1.29 is 14.3 Å². The summed E-state index contributed by atoms with van der Waals surface area (Å²) in [6.07, 6.45) is 28.1. The van der Waals surface area contributed by atoms with Gasteiger partial charge in [0.05, 0.1) is 6.61 Å². The van der Waals surface area contributed by atoms with Crippen LogP contribution < -0.4 is 0 Å². The molecule has 0 spiro atoms. The SMILES string of the molecule is CCCCCCCCCCCCC(C)COC(=O)OC(CC)CCCCCCCCCCC. The Kier molecular flexibility index (Phi) is 25.3. The van der Waals surface area contributed by atoms with E-state index in [0.717, 1.165) is 25.7 Å². The number of carbonyl (C=O) groups is 1. The van der Waals surface area contributed by atoms with Crippen LogP contribution >= 0.6 is 0 Å². The monoisotopic (exact) mass is 468 g/mol. The molecular weight excluding hydrogens is 408 g/mol. The molecule has 2 atom stereocenters.